The zero-order chi connectivity index (χ0) is 18.4. The molecule has 6 nitrogen and oxygen atoms in total. The number of pyridine rings is 1. The molecule has 1 atom stereocenters. The molecule has 26 heavy (non-hydrogen) atoms. The Hall–Kier alpha value is -1.66. The van der Waals surface area contributed by atoms with E-state index in [4.69, 9.17) is 9.47 Å². The van der Waals surface area contributed by atoms with Crippen LogP contribution in [0, 0.1) is 5.41 Å². The average molecular weight is 361 g/mol. The Bertz CT molecular complexity index is 561. The summed E-state index contributed by atoms with van der Waals surface area (Å²) in [5, 5.41) is 2.81. The summed E-state index contributed by atoms with van der Waals surface area (Å²) in [7, 11) is 0. The zero-order valence-electron chi connectivity index (χ0n) is 15.9. The molecule has 1 aromatic heterocycles. The Morgan fingerprint density at radius 2 is 2.23 bits per heavy atom. The van der Waals surface area contributed by atoms with Crippen LogP contribution >= 0.6 is 0 Å². The molecule has 2 aliphatic heterocycles. The van der Waals surface area contributed by atoms with Gasteiger partial charge in [0, 0.05) is 25.5 Å². The van der Waals surface area contributed by atoms with Gasteiger partial charge in [0.15, 0.2) is 0 Å². The minimum Gasteiger partial charge on any atom is -0.447 e. The van der Waals surface area contributed by atoms with E-state index < -0.39 is 0 Å². The molecule has 1 aromatic rings. The van der Waals surface area contributed by atoms with Crippen LogP contribution in [0.5, 0.6) is 0 Å². The molecule has 2 saturated heterocycles. The molecule has 1 unspecified atom stereocenters. The smallest absolute Gasteiger partial charge is 0.407 e. The van der Waals surface area contributed by atoms with Crippen LogP contribution in [0.25, 0.3) is 0 Å². The van der Waals surface area contributed by atoms with E-state index in [1.165, 1.54) is 24.8 Å². The van der Waals surface area contributed by atoms with E-state index in [1.54, 1.807) is 0 Å². The summed E-state index contributed by atoms with van der Waals surface area (Å²) in [4.78, 5) is 18.3. The van der Waals surface area contributed by atoms with Crippen molar-refractivity contribution in [3.8, 4) is 0 Å². The van der Waals surface area contributed by atoms with Gasteiger partial charge in [-0.3, -0.25) is 9.88 Å². The number of rotatable bonds is 5. The minimum absolute atomic E-state index is 0.0950. The summed E-state index contributed by atoms with van der Waals surface area (Å²) in [6.07, 6.45) is 7.98. The standard InChI is InChI=1S/C20H31N3O3/c1-16(2)26-19(24)22-13-18-5-6-20(15-25-18)7-10-23(11-8-20)14-17-4-3-9-21-12-17/h3-4,9,12,16,18H,5-8,10-11,13-15H2,1-2H3,(H,22,24). The molecule has 0 aromatic carbocycles. The molecule has 2 aliphatic rings. The van der Waals surface area contributed by atoms with E-state index in [0.29, 0.717) is 12.0 Å². The van der Waals surface area contributed by atoms with Crippen LogP contribution in [0.3, 0.4) is 0 Å². The number of aromatic nitrogens is 1. The van der Waals surface area contributed by atoms with Gasteiger partial charge in [-0.05, 0) is 69.7 Å². The van der Waals surface area contributed by atoms with Gasteiger partial charge in [-0.2, -0.15) is 0 Å². The maximum Gasteiger partial charge on any atom is 0.407 e. The molecule has 2 fully saturated rings. The van der Waals surface area contributed by atoms with Crippen LogP contribution in [0.15, 0.2) is 24.5 Å². The maximum atomic E-state index is 11.6. The highest BCUT2D eigenvalue weighted by atomic mass is 16.6. The summed E-state index contributed by atoms with van der Waals surface area (Å²) in [5.41, 5.74) is 1.60. The monoisotopic (exact) mass is 361 g/mol. The number of amides is 1. The third-order valence-corrected chi connectivity index (χ3v) is 5.48. The number of likely N-dealkylation sites (tertiary alicyclic amines) is 1. The predicted octanol–water partition coefficient (Wildman–Crippen LogP) is 2.98. The number of hydrogen-bond acceptors (Lipinski definition) is 5. The highest BCUT2D eigenvalue weighted by Gasteiger charge is 2.38. The van der Waals surface area contributed by atoms with Crippen LogP contribution < -0.4 is 5.32 Å². The van der Waals surface area contributed by atoms with Gasteiger partial charge in [0.05, 0.1) is 18.8 Å². The third kappa shape index (κ3) is 5.42. The maximum absolute atomic E-state index is 11.6. The second kappa shape index (κ2) is 8.82. The lowest BCUT2D eigenvalue weighted by Crippen LogP contribution is -2.47. The van der Waals surface area contributed by atoms with E-state index in [-0.39, 0.29) is 18.3 Å². The molecule has 0 radical (unpaired) electrons. The van der Waals surface area contributed by atoms with Crippen LogP contribution in [0.2, 0.25) is 0 Å². The lowest BCUT2D eigenvalue weighted by atomic mass is 9.73. The van der Waals surface area contributed by atoms with Crippen molar-refractivity contribution in [3.63, 3.8) is 0 Å². The van der Waals surface area contributed by atoms with Crippen molar-refractivity contribution in [1.29, 1.82) is 0 Å². The molecule has 144 valence electrons. The quantitative estimate of drug-likeness (QED) is 0.873. The van der Waals surface area contributed by atoms with Gasteiger partial charge >= 0.3 is 6.09 Å². The number of ether oxygens (including phenoxy) is 2. The Balaban J connectivity index is 1.38. The fourth-order valence-corrected chi connectivity index (χ4v) is 3.86. The Morgan fingerprint density at radius 1 is 1.42 bits per heavy atom. The first kappa shape index (κ1) is 19.1. The molecule has 3 heterocycles. The Kier molecular flexibility index (Phi) is 6.48. The van der Waals surface area contributed by atoms with Crippen molar-refractivity contribution in [2.45, 2.75) is 58.3 Å². The van der Waals surface area contributed by atoms with Crippen molar-refractivity contribution < 1.29 is 14.3 Å². The fraction of sp³-hybridized carbons (Fsp3) is 0.700. The summed E-state index contributed by atoms with van der Waals surface area (Å²) in [6, 6.07) is 4.14. The van der Waals surface area contributed by atoms with Gasteiger partial charge in [0.2, 0.25) is 0 Å². The molecule has 0 bridgehead atoms. The SMILES string of the molecule is CC(C)OC(=O)NCC1CCC2(CCN(Cc3cccnc3)CC2)CO1. The first-order chi connectivity index (χ1) is 12.5. The van der Waals surface area contributed by atoms with Crippen LogP contribution in [0.4, 0.5) is 4.79 Å². The van der Waals surface area contributed by atoms with Crippen molar-refractivity contribution in [1.82, 2.24) is 15.2 Å². The van der Waals surface area contributed by atoms with Crippen molar-refractivity contribution in [2.24, 2.45) is 5.41 Å². The summed E-state index contributed by atoms with van der Waals surface area (Å²) < 4.78 is 11.2. The summed E-state index contributed by atoms with van der Waals surface area (Å²) >= 11 is 0. The van der Waals surface area contributed by atoms with Gasteiger partial charge in [-0.15, -0.1) is 0 Å². The molecule has 3 rings (SSSR count). The number of carbonyl (C=O) groups is 1. The first-order valence-electron chi connectivity index (χ1n) is 9.72. The Morgan fingerprint density at radius 3 is 2.85 bits per heavy atom. The molecule has 1 spiro atoms. The second-order valence-electron chi connectivity index (χ2n) is 7.94. The number of alkyl carbamates (subject to hydrolysis) is 1. The van der Waals surface area contributed by atoms with Gasteiger partial charge in [-0.1, -0.05) is 6.07 Å². The summed E-state index contributed by atoms with van der Waals surface area (Å²) in [6.45, 7) is 8.25. The van der Waals surface area contributed by atoms with E-state index in [0.717, 1.165) is 32.7 Å². The lowest BCUT2D eigenvalue weighted by molar-refractivity contribution is -0.0848. The zero-order valence-corrected chi connectivity index (χ0v) is 15.9. The van der Waals surface area contributed by atoms with Crippen molar-refractivity contribution in [2.75, 3.05) is 26.2 Å². The number of hydrogen-bond donors (Lipinski definition) is 1. The van der Waals surface area contributed by atoms with Gasteiger partial charge in [-0.25, -0.2) is 4.79 Å². The van der Waals surface area contributed by atoms with E-state index in [2.05, 4.69) is 21.3 Å². The van der Waals surface area contributed by atoms with Crippen LogP contribution in [0.1, 0.15) is 45.1 Å². The highest BCUT2D eigenvalue weighted by molar-refractivity contribution is 5.67. The molecule has 1 amide bonds. The second-order valence-corrected chi connectivity index (χ2v) is 7.94. The van der Waals surface area contributed by atoms with Crippen molar-refractivity contribution in [3.05, 3.63) is 30.1 Å². The van der Waals surface area contributed by atoms with Gasteiger partial charge in [0.1, 0.15) is 0 Å². The van der Waals surface area contributed by atoms with E-state index >= 15 is 0 Å². The minimum atomic E-state index is -0.354. The third-order valence-electron chi connectivity index (χ3n) is 5.48. The number of nitrogens with one attached hydrogen (secondary N) is 1. The van der Waals surface area contributed by atoms with Crippen molar-refractivity contribution >= 4 is 6.09 Å². The fourth-order valence-electron chi connectivity index (χ4n) is 3.86. The van der Waals surface area contributed by atoms with Crippen LogP contribution in [-0.4, -0.2) is 54.4 Å². The van der Waals surface area contributed by atoms with Gasteiger partial charge in [0.25, 0.3) is 0 Å². The molecule has 0 saturated carbocycles. The molecular weight excluding hydrogens is 330 g/mol. The topological polar surface area (TPSA) is 63.7 Å². The first-order valence-corrected chi connectivity index (χ1v) is 9.72. The number of nitrogens with zero attached hydrogens (tertiary/aromatic N) is 2. The van der Waals surface area contributed by atoms with E-state index in [9.17, 15) is 4.79 Å². The number of carbonyl (C=O) groups excluding carboxylic acids is 1. The predicted molar refractivity (Wildman–Crippen MR) is 99.8 cm³/mol. The van der Waals surface area contributed by atoms with Gasteiger partial charge < -0.3 is 14.8 Å². The molecular formula is C20H31N3O3. The normalized spacial score (nSPS) is 23.1. The lowest BCUT2D eigenvalue weighted by Gasteiger charge is -2.45. The summed E-state index contributed by atoms with van der Waals surface area (Å²) in [5.74, 6) is 0. The van der Waals surface area contributed by atoms with Crippen LogP contribution in [-0.2, 0) is 16.0 Å². The largest absolute Gasteiger partial charge is 0.447 e. The average Bonchev–Trinajstić information content (AvgIpc) is 2.64. The number of piperidine rings is 1. The molecule has 6 heteroatoms. The highest BCUT2D eigenvalue weighted by Crippen LogP contribution is 2.40. The molecule has 0 aliphatic carbocycles. The molecule has 1 N–H and O–H groups in total. The Labute approximate surface area is 156 Å². The van der Waals surface area contributed by atoms with E-state index in [1.807, 2.05) is 32.3 Å².